The highest BCUT2D eigenvalue weighted by molar-refractivity contribution is 6.31. The first-order valence-corrected chi connectivity index (χ1v) is 14.4. The first-order chi connectivity index (χ1) is 20.0. The molecule has 4 rings (SSSR count). The standard InChI is InChI=1S/C33H37ClN4O4/c1-22(2)27-18-26(34)19-28-30(27)32(41)38(20-24-10-7-6-8-11-24)33(35-28)42-29(39)21-37(17-9-16-36(4)5)31(40)25-14-12-23(3)13-15-25/h6-8,10-15,18-19,22H,9,16-17,20-21H2,1-5H3. The number of hydrogen-bond acceptors (Lipinski definition) is 6. The van der Waals surface area contributed by atoms with E-state index in [4.69, 9.17) is 16.3 Å². The summed E-state index contributed by atoms with van der Waals surface area (Å²) in [5, 5.41) is 0.872. The number of amides is 1. The average Bonchev–Trinajstić information content (AvgIpc) is 2.94. The molecule has 0 saturated heterocycles. The Morgan fingerprint density at radius 1 is 1.00 bits per heavy atom. The molecule has 3 aromatic carbocycles. The van der Waals surface area contributed by atoms with Crippen molar-refractivity contribution in [2.75, 3.05) is 33.7 Å². The van der Waals surface area contributed by atoms with Gasteiger partial charge in [0.15, 0.2) is 0 Å². The van der Waals surface area contributed by atoms with Gasteiger partial charge in [-0.2, -0.15) is 4.98 Å². The largest absolute Gasteiger partial charge is 0.391 e. The number of rotatable bonds is 11. The van der Waals surface area contributed by atoms with Crippen LogP contribution in [0.4, 0.5) is 0 Å². The van der Waals surface area contributed by atoms with Crippen LogP contribution >= 0.6 is 11.6 Å². The zero-order chi connectivity index (χ0) is 30.4. The highest BCUT2D eigenvalue weighted by Gasteiger charge is 2.23. The van der Waals surface area contributed by atoms with E-state index in [1.807, 2.05) is 82.2 Å². The summed E-state index contributed by atoms with van der Waals surface area (Å²) in [6, 6.07) is 19.9. The van der Waals surface area contributed by atoms with Gasteiger partial charge in [0.2, 0.25) is 0 Å². The summed E-state index contributed by atoms with van der Waals surface area (Å²) in [6.45, 7) is 6.87. The van der Waals surface area contributed by atoms with Gasteiger partial charge in [0.05, 0.1) is 17.4 Å². The molecule has 1 amide bonds. The fourth-order valence-electron chi connectivity index (χ4n) is 4.76. The molecular weight excluding hydrogens is 552 g/mol. The molecule has 1 aromatic heterocycles. The Balaban J connectivity index is 1.70. The van der Waals surface area contributed by atoms with Crippen LogP contribution in [0.2, 0.25) is 5.02 Å². The minimum absolute atomic E-state index is 0.0165. The van der Waals surface area contributed by atoms with Crippen molar-refractivity contribution in [1.29, 1.82) is 0 Å². The summed E-state index contributed by atoms with van der Waals surface area (Å²) >= 11 is 6.39. The van der Waals surface area contributed by atoms with Crippen molar-refractivity contribution in [1.82, 2.24) is 19.4 Å². The number of aromatic nitrogens is 2. The molecule has 42 heavy (non-hydrogen) atoms. The van der Waals surface area contributed by atoms with E-state index in [2.05, 4.69) is 4.98 Å². The average molecular weight is 589 g/mol. The molecule has 0 unspecified atom stereocenters. The van der Waals surface area contributed by atoms with Gasteiger partial charge in [0.1, 0.15) is 6.54 Å². The Hall–Kier alpha value is -4.01. The number of carbonyl (C=O) groups is 2. The van der Waals surface area contributed by atoms with Crippen LogP contribution in [0.15, 0.2) is 71.5 Å². The summed E-state index contributed by atoms with van der Waals surface area (Å²) in [5.41, 5.74) is 3.15. The van der Waals surface area contributed by atoms with Gasteiger partial charge in [-0.1, -0.05) is 73.5 Å². The zero-order valence-electron chi connectivity index (χ0n) is 24.8. The zero-order valence-corrected chi connectivity index (χ0v) is 25.5. The third-order valence-electron chi connectivity index (χ3n) is 6.97. The van der Waals surface area contributed by atoms with Crippen LogP contribution in [0.5, 0.6) is 6.01 Å². The first kappa shape index (κ1) is 30.9. The van der Waals surface area contributed by atoms with E-state index in [1.165, 1.54) is 9.47 Å². The minimum Gasteiger partial charge on any atom is -0.391 e. The molecule has 9 heteroatoms. The first-order valence-electron chi connectivity index (χ1n) is 14.0. The number of carbonyl (C=O) groups excluding carboxylic acids is 2. The number of nitrogens with zero attached hydrogens (tertiary/aromatic N) is 4. The number of ether oxygens (including phenoxy) is 1. The third-order valence-corrected chi connectivity index (χ3v) is 7.19. The third kappa shape index (κ3) is 7.63. The fraction of sp³-hybridized carbons (Fsp3) is 0.333. The van der Waals surface area contributed by atoms with Gasteiger partial charge < -0.3 is 14.5 Å². The second-order valence-corrected chi connectivity index (χ2v) is 11.5. The molecule has 0 atom stereocenters. The monoisotopic (exact) mass is 588 g/mol. The molecule has 8 nitrogen and oxygen atoms in total. The molecule has 0 bridgehead atoms. The SMILES string of the molecule is Cc1ccc(C(=O)N(CCCN(C)C)CC(=O)Oc2nc3cc(Cl)cc(C(C)C)c3c(=O)n2Cc2ccccc2)cc1. The maximum atomic E-state index is 13.9. The van der Waals surface area contributed by atoms with E-state index in [9.17, 15) is 14.4 Å². The molecule has 4 aromatic rings. The smallest absolute Gasteiger partial charge is 0.333 e. The van der Waals surface area contributed by atoms with Gasteiger partial charge in [-0.3, -0.25) is 14.2 Å². The molecule has 1 heterocycles. The molecule has 0 aliphatic carbocycles. The second-order valence-electron chi connectivity index (χ2n) is 11.0. The molecule has 0 fully saturated rings. The van der Waals surface area contributed by atoms with Crippen LogP contribution in [0, 0.1) is 6.92 Å². The lowest BCUT2D eigenvalue weighted by atomic mass is 9.99. The van der Waals surface area contributed by atoms with Crippen LogP contribution in [-0.2, 0) is 11.3 Å². The van der Waals surface area contributed by atoms with E-state index < -0.39 is 5.97 Å². The van der Waals surface area contributed by atoms with Crippen molar-refractivity contribution in [3.63, 3.8) is 0 Å². The quantitative estimate of drug-likeness (QED) is 0.214. The predicted octanol–water partition coefficient (Wildman–Crippen LogP) is 5.53. The summed E-state index contributed by atoms with van der Waals surface area (Å²) in [5.74, 6) is -0.950. The molecular formula is C33H37ClN4O4. The Kier molecular flexibility index (Phi) is 10.1. The maximum Gasteiger partial charge on any atom is 0.333 e. The van der Waals surface area contributed by atoms with Crippen LogP contribution in [0.25, 0.3) is 10.9 Å². The number of fused-ring (bicyclic) bond motifs is 1. The molecule has 0 N–H and O–H groups in total. The Morgan fingerprint density at radius 3 is 2.33 bits per heavy atom. The summed E-state index contributed by atoms with van der Waals surface area (Å²) in [6.07, 6.45) is 0.668. The van der Waals surface area contributed by atoms with Crippen LogP contribution < -0.4 is 10.3 Å². The van der Waals surface area contributed by atoms with Crippen molar-refractivity contribution in [2.45, 2.75) is 39.7 Å². The van der Waals surface area contributed by atoms with Crippen LogP contribution in [0.1, 0.15) is 53.2 Å². The molecule has 0 spiro atoms. The lowest BCUT2D eigenvalue weighted by Crippen LogP contribution is -2.39. The maximum absolute atomic E-state index is 13.9. The highest BCUT2D eigenvalue weighted by atomic mass is 35.5. The molecule has 0 saturated carbocycles. The summed E-state index contributed by atoms with van der Waals surface area (Å²) in [4.78, 5) is 48.9. The van der Waals surface area contributed by atoms with Crippen molar-refractivity contribution in [3.05, 3.63) is 104 Å². The Bertz CT molecular complexity index is 1620. The normalized spacial score (nSPS) is 11.3. The Morgan fingerprint density at radius 2 is 1.69 bits per heavy atom. The van der Waals surface area contributed by atoms with Gasteiger partial charge in [0, 0.05) is 17.1 Å². The molecule has 0 aliphatic rings. The predicted molar refractivity (Wildman–Crippen MR) is 167 cm³/mol. The summed E-state index contributed by atoms with van der Waals surface area (Å²) < 4.78 is 7.14. The lowest BCUT2D eigenvalue weighted by molar-refractivity contribution is -0.135. The molecule has 0 radical (unpaired) electrons. The van der Waals surface area contributed by atoms with E-state index in [0.717, 1.165) is 23.2 Å². The number of halogens is 1. The van der Waals surface area contributed by atoms with E-state index >= 15 is 0 Å². The van der Waals surface area contributed by atoms with Gasteiger partial charge >= 0.3 is 12.0 Å². The van der Waals surface area contributed by atoms with E-state index in [-0.39, 0.29) is 36.5 Å². The van der Waals surface area contributed by atoms with Crippen molar-refractivity contribution in [2.24, 2.45) is 0 Å². The van der Waals surface area contributed by atoms with Crippen LogP contribution in [0.3, 0.4) is 0 Å². The number of hydrogen-bond donors (Lipinski definition) is 0. The number of esters is 1. The molecule has 0 aliphatic heterocycles. The Labute approximate surface area is 251 Å². The van der Waals surface area contributed by atoms with Gasteiger partial charge in [-0.25, -0.2) is 4.79 Å². The second kappa shape index (κ2) is 13.8. The lowest BCUT2D eigenvalue weighted by Gasteiger charge is -2.23. The number of benzene rings is 3. The van der Waals surface area contributed by atoms with Gasteiger partial charge in [-0.05, 0) is 75.3 Å². The van der Waals surface area contributed by atoms with Crippen molar-refractivity contribution < 1.29 is 14.3 Å². The van der Waals surface area contributed by atoms with E-state index in [1.54, 1.807) is 24.3 Å². The van der Waals surface area contributed by atoms with Gasteiger partial charge in [-0.15, -0.1) is 0 Å². The topological polar surface area (TPSA) is 84.7 Å². The fourth-order valence-corrected chi connectivity index (χ4v) is 4.98. The summed E-state index contributed by atoms with van der Waals surface area (Å²) in [7, 11) is 3.91. The van der Waals surface area contributed by atoms with Crippen molar-refractivity contribution in [3.8, 4) is 6.01 Å². The molecule has 220 valence electrons. The van der Waals surface area contributed by atoms with Crippen LogP contribution in [-0.4, -0.2) is 65.0 Å². The van der Waals surface area contributed by atoms with Crippen molar-refractivity contribution >= 4 is 34.4 Å². The number of aryl methyl sites for hydroxylation is 1. The van der Waals surface area contributed by atoms with E-state index in [0.29, 0.717) is 34.5 Å². The minimum atomic E-state index is -0.695. The highest BCUT2D eigenvalue weighted by Crippen LogP contribution is 2.28. The van der Waals surface area contributed by atoms with Gasteiger partial charge in [0.25, 0.3) is 11.5 Å².